The van der Waals surface area contributed by atoms with Gasteiger partial charge in [0, 0.05) is 3.57 Å². The van der Waals surface area contributed by atoms with Crippen molar-refractivity contribution < 1.29 is 19.1 Å². The number of hydrogen-bond acceptors (Lipinski definition) is 3. The van der Waals surface area contributed by atoms with Gasteiger partial charge in [0.15, 0.2) is 0 Å². The minimum Gasteiger partial charge on any atom is -0.496 e. The molecule has 0 bridgehead atoms. The van der Waals surface area contributed by atoms with Crippen LogP contribution in [0.4, 0.5) is 0 Å². The Balaban J connectivity index is 3.40. The molecule has 0 saturated heterocycles. The van der Waals surface area contributed by atoms with Crippen molar-refractivity contribution in [3.63, 3.8) is 0 Å². The van der Waals surface area contributed by atoms with Crippen LogP contribution in [0.3, 0.4) is 0 Å². The molecule has 17 heavy (non-hydrogen) atoms. The molecule has 0 aromatic heterocycles. The van der Waals surface area contributed by atoms with Crippen LogP contribution >= 0.6 is 45.2 Å². The first-order valence-electron chi connectivity index (χ1n) is 4.39. The van der Waals surface area contributed by atoms with Crippen LogP contribution in [-0.2, 0) is 9.53 Å². The molecule has 0 atom stereocenters. The van der Waals surface area contributed by atoms with Crippen LogP contribution in [0.1, 0.15) is 5.56 Å². The molecule has 7 heteroatoms. The molecule has 1 rings (SSSR count). The van der Waals surface area contributed by atoms with Gasteiger partial charge in [-0.05, 0) is 57.3 Å². The van der Waals surface area contributed by atoms with Crippen LogP contribution in [0.2, 0.25) is 0 Å². The van der Waals surface area contributed by atoms with Gasteiger partial charge < -0.3 is 15.0 Å². The van der Waals surface area contributed by atoms with Gasteiger partial charge in [-0.3, -0.25) is 0 Å². The average Bonchev–Trinajstić information content (AvgIpc) is 2.32. The molecular formula is C10H8I2N2O3. The third kappa shape index (κ3) is 3.17. The molecule has 0 N–H and O–H groups in total. The molecule has 0 amide bonds. The molecule has 0 aliphatic carbocycles. The molecule has 0 aliphatic heterocycles. The first-order chi connectivity index (χ1) is 8.04. The molecule has 1 aromatic carbocycles. The number of esters is 1. The lowest BCUT2D eigenvalue weighted by molar-refractivity contribution is -0.137. The van der Waals surface area contributed by atoms with Crippen molar-refractivity contribution in [3.05, 3.63) is 30.4 Å². The van der Waals surface area contributed by atoms with E-state index in [2.05, 4.69) is 32.1 Å². The van der Waals surface area contributed by atoms with Gasteiger partial charge in [-0.1, -0.05) is 0 Å². The highest BCUT2D eigenvalue weighted by atomic mass is 127. The fourth-order valence-corrected chi connectivity index (χ4v) is 3.17. The highest BCUT2D eigenvalue weighted by molar-refractivity contribution is 14.1. The molecule has 0 radical (unpaired) electrons. The van der Waals surface area contributed by atoms with E-state index in [0.717, 1.165) is 7.14 Å². The predicted molar refractivity (Wildman–Crippen MR) is 78.2 cm³/mol. The monoisotopic (exact) mass is 458 g/mol. The van der Waals surface area contributed by atoms with E-state index in [1.54, 1.807) is 6.07 Å². The average molecular weight is 458 g/mol. The van der Waals surface area contributed by atoms with Crippen LogP contribution in [-0.4, -0.2) is 30.7 Å². The molecule has 0 heterocycles. The zero-order chi connectivity index (χ0) is 13.0. The van der Waals surface area contributed by atoms with E-state index in [1.165, 1.54) is 14.2 Å². The van der Waals surface area contributed by atoms with Crippen molar-refractivity contribution in [1.29, 1.82) is 0 Å². The third-order valence-electron chi connectivity index (χ3n) is 1.98. The molecule has 0 unspecified atom stereocenters. The normalized spacial score (nSPS) is 9.41. The number of benzene rings is 1. The lowest BCUT2D eigenvalue weighted by Gasteiger charge is -2.06. The summed E-state index contributed by atoms with van der Waals surface area (Å²) < 4.78 is 11.4. The Kier molecular flexibility index (Phi) is 5.34. The van der Waals surface area contributed by atoms with Crippen molar-refractivity contribution in [1.82, 2.24) is 0 Å². The topological polar surface area (TPSA) is 71.9 Å². The number of hydrogen-bond donors (Lipinski definition) is 0. The molecule has 0 fully saturated rings. The van der Waals surface area contributed by atoms with Crippen molar-refractivity contribution in [3.8, 4) is 5.75 Å². The van der Waals surface area contributed by atoms with E-state index in [1.807, 2.05) is 28.7 Å². The summed E-state index contributed by atoms with van der Waals surface area (Å²) in [5.41, 5.74) is 9.20. The van der Waals surface area contributed by atoms with Crippen LogP contribution in [0.25, 0.3) is 5.53 Å². The maximum Gasteiger partial charge on any atom is 0.422 e. The number of rotatable bonds is 3. The second-order valence-electron chi connectivity index (χ2n) is 2.91. The van der Waals surface area contributed by atoms with Crippen molar-refractivity contribution in [2.45, 2.75) is 0 Å². The number of methoxy groups -OCH3 is 2. The maximum atomic E-state index is 11.4. The number of nitrogens with zero attached hydrogens (tertiary/aromatic N) is 2. The van der Waals surface area contributed by atoms with Crippen molar-refractivity contribution in [2.75, 3.05) is 14.2 Å². The molecule has 0 spiro atoms. The summed E-state index contributed by atoms with van der Waals surface area (Å²) in [7, 11) is 2.76. The van der Waals surface area contributed by atoms with E-state index in [-0.39, 0.29) is 5.71 Å². The smallest absolute Gasteiger partial charge is 0.422 e. The predicted octanol–water partition coefficient (Wildman–Crippen LogP) is 2.10. The summed E-state index contributed by atoms with van der Waals surface area (Å²) in [5.74, 6) is -0.0975. The highest BCUT2D eigenvalue weighted by Crippen LogP contribution is 2.26. The van der Waals surface area contributed by atoms with Gasteiger partial charge in [0.1, 0.15) is 5.75 Å². The molecule has 1 aromatic rings. The van der Waals surface area contributed by atoms with E-state index in [9.17, 15) is 4.79 Å². The van der Waals surface area contributed by atoms with Gasteiger partial charge in [0.05, 0.1) is 23.4 Å². The molecule has 0 aliphatic rings. The van der Waals surface area contributed by atoms with Gasteiger partial charge in [0.25, 0.3) is 0 Å². The van der Waals surface area contributed by atoms with E-state index in [4.69, 9.17) is 10.3 Å². The van der Waals surface area contributed by atoms with E-state index >= 15 is 0 Å². The first kappa shape index (κ1) is 14.4. The Bertz CT molecular complexity index is 511. The number of carbonyl (C=O) groups excluding carboxylic acids is 1. The van der Waals surface area contributed by atoms with Crippen LogP contribution in [0.15, 0.2) is 12.1 Å². The highest BCUT2D eigenvalue weighted by Gasteiger charge is 2.27. The lowest BCUT2D eigenvalue weighted by Crippen LogP contribution is -2.19. The van der Waals surface area contributed by atoms with Gasteiger partial charge >= 0.3 is 11.7 Å². The summed E-state index contributed by atoms with van der Waals surface area (Å²) in [4.78, 5) is 14.4. The molecule has 5 nitrogen and oxygen atoms in total. The number of halogens is 2. The van der Waals surface area contributed by atoms with Gasteiger partial charge in [-0.2, -0.15) is 4.79 Å². The summed E-state index contributed by atoms with van der Waals surface area (Å²) in [5, 5.41) is 0. The van der Waals surface area contributed by atoms with Crippen molar-refractivity contribution in [2.24, 2.45) is 0 Å². The third-order valence-corrected chi connectivity index (χ3v) is 3.71. The Morgan fingerprint density at radius 3 is 2.41 bits per heavy atom. The molecular weight excluding hydrogens is 450 g/mol. The first-order valence-corrected chi connectivity index (χ1v) is 6.54. The number of ether oxygens (including phenoxy) is 2. The largest absolute Gasteiger partial charge is 0.496 e. The van der Waals surface area contributed by atoms with Gasteiger partial charge in [-0.15, -0.1) is 0 Å². The second kappa shape index (κ2) is 6.31. The lowest BCUT2D eigenvalue weighted by atomic mass is 10.1. The Morgan fingerprint density at radius 1 is 1.29 bits per heavy atom. The summed E-state index contributed by atoms with van der Waals surface area (Å²) in [6.07, 6.45) is 0. The number of carbonyl (C=O) groups is 1. The summed E-state index contributed by atoms with van der Waals surface area (Å²) in [6, 6.07) is 3.46. The second-order valence-corrected chi connectivity index (χ2v) is 5.23. The van der Waals surface area contributed by atoms with Crippen LogP contribution in [0.5, 0.6) is 5.75 Å². The minimum absolute atomic E-state index is 0.147. The Hall–Kier alpha value is -0.670. The fourth-order valence-electron chi connectivity index (χ4n) is 1.17. The zero-order valence-electron chi connectivity index (χ0n) is 9.03. The van der Waals surface area contributed by atoms with Gasteiger partial charge in [-0.25, -0.2) is 4.79 Å². The minimum atomic E-state index is -0.700. The van der Waals surface area contributed by atoms with Crippen LogP contribution in [0, 0.1) is 7.14 Å². The van der Waals surface area contributed by atoms with Crippen molar-refractivity contribution >= 4 is 56.9 Å². The Morgan fingerprint density at radius 2 is 1.94 bits per heavy atom. The quantitative estimate of drug-likeness (QED) is 0.229. The van der Waals surface area contributed by atoms with E-state index < -0.39 is 5.97 Å². The van der Waals surface area contributed by atoms with E-state index in [0.29, 0.717) is 11.3 Å². The Labute approximate surface area is 125 Å². The van der Waals surface area contributed by atoms with Crippen LogP contribution < -0.4 is 4.74 Å². The fraction of sp³-hybridized carbons (Fsp3) is 0.200. The standard InChI is InChI=1S/C10H8I2N2O3/c1-16-8-3-5(6(11)4-7(8)12)9(14-13)10(15)17-2/h3-4H,1-2H3. The summed E-state index contributed by atoms with van der Waals surface area (Å²) >= 11 is 4.16. The maximum absolute atomic E-state index is 11.4. The molecule has 0 saturated carbocycles. The van der Waals surface area contributed by atoms with Gasteiger partial charge in [0.2, 0.25) is 0 Å². The summed E-state index contributed by atoms with van der Waals surface area (Å²) in [6.45, 7) is 0. The molecule has 90 valence electrons. The zero-order valence-corrected chi connectivity index (χ0v) is 13.3. The SMILES string of the molecule is COC(=O)C(=[N+]=[N-])c1cc(OC)c(I)cc1I.